The van der Waals surface area contributed by atoms with Crippen LogP contribution in [0, 0.1) is 0 Å². The van der Waals surface area contributed by atoms with Gasteiger partial charge in [0.05, 0.1) is 0 Å². The molecule has 0 bridgehead atoms. The molecule has 0 amide bonds. The van der Waals surface area contributed by atoms with Gasteiger partial charge in [-0.15, -0.1) is 0 Å². The quantitative estimate of drug-likeness (QED) is 0.325. The van der Waals surface area contributed by atoms with Crippen LogP contribution >= 0.6 is 8.03 Å². The summed E-state index contributed by atoms with van der Waals surface area (Å²) in [7, 11) is -1.87. The molecule has 0 saturated heterocycles. The van der Waals surface area contributed by atoms with Crippen molar-refractivity contribution in [2.45, 2.75) is 0 Å². The topological polar surface area (TPSA) is 37.3 Å². The van der Waals surface area contributed by atoms with E-state index >= 15 is 0 Å². The fourth-order valence-electron chi connectivity index (χ4n) is 0. The molecule has 0 saturated carbocycles. The second kappa shape index (κ2) is 4.59. The van der Waals surface area contributed by atoms with Crippen LogP contribution in [0.4, 0.5) is 0 Å². The Morgan fingerprint density at radius 2 is 1.80 bits per heavy atom. The molecule has 0 radical (unpaired) electrons. The lowest BCUT2D eigenvalue weighted by Crippen LogP contribution is -1.35. The van der Waals surface area contributed by atoms with E-state index in [9.17, 15) is 0 Å². The lowest BCUT2D eigenvalue weighted by molar-refractivity contribution is 0.509. The summed E-state index contributed by atoms with van der Waals surface area (Å²) in [6.07, 6.45) is 0. The third-order valence-corrected chi connectivity index (χ3v) is 0. The van der Waals surface area contributed by atoms with Gasteiger partial charge < -0.3 is 0 Å². The van der Waals surface area contributed by atoms with Crippen molar-refractivity contribution >= 4 is 25.4 Å². The first kappa shape index (κ1) is 9.14. The van der Waals surface area contributed by atoms with Crippen molar-refractivity contribution in [2.24, 2.45) is 0 Å². The first-order valence-electron chi connectivity index (χ1n) is 0.830. The molecule has 0 aliphatic heterocycles. The minimum absolute atomic E-state index is 0. The maximum absolute atomic E-state index is 9.15. The molecule has 5 heavy (non-hydrogen) atoms. The largest absolute Gasteiger partial charge is 0.502 e. The molecule has 1 unspecified atom stereocenters. The molecule has 0 fully saturated rings. The Kier molecular flexibility index (Phi) is 8.39. The van der Waals surface area contributed by atoms with Gasteiger partial charge in [0.25, 0.3) is 0 Å². The van der Waals surface area contributed by atoms with Crippen LogP contribution in [0.2, 0.25) is 0 Å². The van der Waals surface area contributed by atoms with E-state index in [0.29, 0.717) is 0 Å². The minimum Gasteiger partial charge on any atom is -0.161 e. The van der Waals surface area contributed by atoms with E-state index in [1.807, 2.05) is 0 Å². The Hall–Kier alpha value is 0.592. The van der Waals surface area contributed by atoms with Crippen LogP contribution < -0.4 is 0 Å². The third kappa shape index (κ3) is 87.9. The maximum atomic E-state index is 9.15. The summed E-state index contributed by atoms with van der Waals surface area (Å²) in [5.74, 6) is 0. The maximum Gasteiger partial charge on any atom is 0.502 e. The van der Waals surface area contributed by atoms with Gasteiger partial charge in [0, 0.05) is 0 Å². The Labute approximate surface area is 42.2 Å². The highest BCUT2D eigenvalue weighted by Crippen LogP contribution is 1.99. The minimum atomic E-state index is -1.87. The molecule has 0 spiro atoms. The molecule has 0 rings (SSSR count). The highest BCUT2D eigenvalue weighted by Gasteiger charge is 1.86. The summed E-state index contributed by atoms with van der Waals surface area (Å²) in [5, 5.41) is 0. The highest BCUT2D eigenvalue weighted by atomic mass is 31.1. The Balaban J connectivity index is 0. The average molecular weight is 109 g/mol. The van der Waals surface area contributed by atoms with Crippen molar-refractivity contribution in [2.75, 3.05) is 6.66 Å². The van der Waals surface area contributed by atoms with Crippen molar-refractivity contribution in [1.29, 1.82) is 0 Å². The van der Waals surface area contributed by atoms with Crippen LogP contribution in [0.1, 0.15) is 0 Å². The van der Waals surface area contributed by atoms with E-state index in [4.69, 9.17) is 9.46 Å². The van der Waals surface area contributed by atoms with Gasteiger partial charge in [-0.1, -0.05) is 0 Å². The van der Waals surface area contributed by atoms with E-state index < -0.39 is 8.03 Å². The van der Waals surface area contributed by atoms with Gasteiger partial charge >= 0.3 is 8.03 Å². The molecule has 1 N–H and O–H groups in total. The zero-order valence-electron chi connectivity index (χ0n) is 2.30. The van der Waals surface area contributed by atoms with E-state index in [-0.39, 0.29) is 17.4 Å². The van der Waals surface area contributed by atoms with E-state index in [1.165, 1.54) is 6.66 Å². The first-order valence-corrected chi connectivity index (χ1v) is 2.49. The van der Waals surface area contributed by atoms with Crippen LogP contribution in [0.25, 0.3) is 0 Å². The third-order valence-electron chi connectivity index (χ3n) is 0. The normalized spacial score (nSPS) is 8.80. The van der Waals surface area contributed by atoms with Crippen molar-refractivity contribution in [1.82, 2.24) is 0 Å². The van der Waals surface area contributed by atoms with Crippen molar-refractivity contribution in [3.63, 3.8) is 0 Å². The van der Waals surface area contributed by atoms with Crippen molar-refractivity contribution in [3.8, 4) is 0 Å². The molecule has 0 aromatic rings. The molecule has 0 aromatic carbocycles. The molecule has 0 heterocycles. The zero-order chi connectivity index (χ0) is 3.58. The monoisotopic (exact) mass is 109 g/mol. The van der Waals surface area contributed by atoms with Gasteiger partial charge in [-0.25, -0.2) is 0 Å². The fourth-order valence-corrected chi connectivity index (χ4v) is 0. The Morgan fingerprint density at radius 3 is 1.80 bits per heavy atom. The van der Waals surface area contributed by atoms with Crippen LogP contribution in [0.15, 0.2) is 0 Å². The van der Waals surface area contributed by atoms with E-state index in [1.54, 1.807) is 0 Å². The zero-order valence-corrected chi connectivity index (χ0v) is 3.20. The van der Waals surface area contributed by atoms with Crippen LogP contribution in [-0.4, -0.2) is 28.9 Å². The molecule has 30 valence electrons. The molecule has 0 aromatic heterocycles. The summed E-state index contributed by atoms with van der Waals surface area (Å²) < 4.78 is 9.15. The second-order valence-corrected chi connectivity index (χ2v) is 1.39. The summed E-state index contributed by atoms with van der Waals surface area (Å²) in [6.45, 7) is 1.23. The molecule has 0 aliphatic rings. The molecule has 4 heteroatoms. The summed E-state index contributed by atoms with van der Waals surface area (Å²) in [6, 6.07) is 0. The second-order valence-electron chi connectivity index (χ2n) is 0.464. The van der Waals surface area contributed by atoms with Gasteiger partial charge in [-0.2, -0.15) is 4.89 Å². The molecular weight excluding hydrogens is 102 g/mol. The van der Waals surface area contributed by atoms with Crippen molar-refractivity contribution < 1.29 is 9.46 Å². The van der Waals surface area contributed by atoms with Crippen LogP contribution in [-0.2, 0) is 4.57 Å². The molecule has 1 atom stereocenters. The fraction of sp³-hybridized carbons (Fsp3) is 1.00. The standard InChI is InChI=1S/CH3O2P.Al.3H/c1-4(2)3;;;;/h1H3;;;;/p+1. The summed E-state index contributed by atoms with van der Waals surface area (Å²) >= 11 is 0. The van der Waals surface area contributed by atoms with Gasteiger partial charge in [0.1, 0.15) is 0 Å². The smallest absolute Gasteiger partial charge is 0.161 e. The number of hydrogen-bond acceptors (Lipinski definition) is 1. The molecule has 0 aliphatic carbocycles. The van der Waals surface area contributed by atoms with Gasteiger partial charge in [-0.3, -0.25) is 0 Å². The average Bonchev–Trinajstić information content (AvgIpc) is 0.811. The first-order chi connectivity index (χ1) is 1.73. The summed E-state index contributed by atoms with van der Waals surface area (Å²) in [4.78, 5) is 7.56. The van der Waals surface area contributed by atoms with E-state index in [0.717, 1.165) is 0 Å². The molecular formula is CH7AlO2P+. The van der Waals surface area contributed by atoms with Gasteiger partial charge in [0.15, 0.2) is 24.0 Å². The number of rotatable bonds is 0. The van der Waals surface area contributed by atoms with Crippen molar-refractivity contribution in [3.05, 3.63) is 0 Å². The predicted octanol–water partition coefficient (Wildman–Crippen LogP) is -0.833. The highest BCUT2D eigenvalue weighted by molar-refractivity contribution is 7.36. The SMILES string of the molecule is C[P+](=O)O.[AlH3]. The summed E-state index contributed by atoms with van der Waals surface area (Å²) in [5.41, 5.74) is 0. The number of hydrogen-bond donors (Lipinski definition) is 1. The van der Waals surface area contributed by atoms with E-state index in [2.05, 4.69) is 0 Å². The lowest BCUT2D eigenvalue weighted by Gasteiger charge is -1.36. The van der Waals surface area contributed by atoms with Gasteiger partial charge in [-0.05, 0) is 4.57 Å². The predicted molar refractivity (Wildman–Crippen MR) is 25.7 cm³/mol. The van der Waals surface area contributed by atoms with Crippen LogP contribution in [0.5, 0.6) is 0 Å². The Morgan fingerprint density at radius 1 is 1.80 bits per heavy atom. The van der Waals surface area contributed by atoms with Crippen LogP contribution in [0.3, 0.4) is 0 Å². The lowest BCUT2D eigenvalue weighted by atomic mass is 12.0. The van der Waals surface area contributed by atoms with Gasteiger partial charge in [0.2, 0.25) is 0 Å². The molecule has 2 nitrogen and oxygen atoms in total. The Bertz CT molecular complexity index is 32.6.